The fraction of sp³-hybridized carbons (Fsp3) is 0.214. The van der Waals surface area contributed by atoms with E-state index >= 15 is 0 Å². The zero-order valence-corrected chi connectivity index (χ0v) is 12.8. The number of carbonyl (C=O) groups is 1. The fourth-order valence-corrected chi connectivity index (χ4v) is 1.98. The first-order valence-corrected chi connectivity index (χ1v) is 7.00. The van der Waals surface area contributed by atoms with Gasteiger partial charge in [-0.05, 0) is 29.7 Å². The monoisotopic (exact) mass is 334 g/mol. The van der Waals surface area contributed by atoms with Gasteiger partial charge in [0.05, 0.1) is 6.21 Å². The van der Waals surface area contributed by atoms with E-state index in [0.717, 1.165) is 15.7 Å². The van der Waals surface area contributed by atoms with E-state index in [9.17, 15) is 4.79 Å². The zero-order valence-electron chi connectivity index (χ0n) is 11.2. The van der Waals surface area contributed by atoms with Gasteiger partial charge in [0.1, 0.15) is 0 Å². The Bertz CT molecular complexity index is 634. The van der Waals surface area contributed by atoms with Crippen LogP contribution in [0, 0.1) is 0 Å². The lowest BCUT2D eigenvalue weighted by molar-refractivity contribution is 0.0950. The summed E-state index contributed by atoms with van der Waals surface area (Å²) in [6, 6.07) is 9.35. The molecule has 0 aliphatic carbocycles. The predicted octanol–water partition coefficient (Wildman–Crippen LogP) is 3.06. The molecular formula is C14H15BrN4O. The Kier molecular flexibility index (Phi) is 4.68. The molecular weight excluding hydrogens is 320 g/mol. The van der Waals surface area contributed by atoms with Crippen molar-refractivity contribution in [3.8, 4) is 0 Å². The SMILES string of the molecule is CC(C)c1cc(C(=O)N/N=C\c2cccc(Br)c2)n[nH]1. The van der Waals surface area contributed by atoms with Gasteiger partial charge in [-0.3, -0.25) is 9.89 Å². The minimum absolute atomic E-state index is 0.300. The van der Waals surface area contributed by atoms with Crippen molar-refractivity contribution in [1.29, 1.82) is 0 Å². The van der Waals surface area contributed by atoms with Crippen molar-refractivity contribution >= 4 is 28.1 Å². The Hall–Kier alpha value is -1.95. The van der Waals surface area contributed by atoms with Crippen molar-refractivity contribution in [3.63, 3.8) is 0 Å². The summed E-state index contributed by atoms with van der Waals surface area (Å²) in [5.41, 5.74) is 4.60. The second-order valence-corrected chi connectivity index (χ2v) is 5.53. The third kappa shape index (κ3) is 3.77. The fourth-order valence-electron chi connectivity index (χ4n) is 1.56. The minimum Gasteiger partial charge on any atom is -0.282 e. The molecule has 1 aromatic carbocycles. The normalized spacial score (nSPS) is 11.2. The molecule has 0 bridgehead atoms. The lowest BCUT2D eigenvalue weighted by atomic mass is 10.1. The molecule has 104 valence electrons. The molecule has 0 aliphatic rings. The van der Waals surface area contributed by atoms with Crippen LogP contribution in [0.5, 0.6) is 0 Å². The van der Waals surface area contributed by atoms with Gasteiger partial charge in [0.15, 0.2) is 5.69 Å². The highest BCUT2D eigenvalue weighted by atomic mass is 79.9. The molecule has 2 rings (SSSR count). The summed E-state index contributed by atoms with van der Waals surface area (Å²) in [5, 5.41) is 10.7. The van der Waals surface area contributed by atoms with Crippen molar-refractivity contribution in [2.24, 2.45) is 5.10 Å². The molecule has 1 heterocycles. The molecule has 20 heavy (non-hydrogen) atoms. The van der Waals surface area contributed by atoms with Gasteiger partial charge < -0.3 is 0 Å². The van der Waals surface area contributed by atoms with E-state index in [1.165, 1.54) is 0 Å². The van der Waals surface area contributed by atoms with Gasteiger partial charge in [-0.15, -0.1) is 0 Å². The van der Waals surface area contributed by atoms with Gasteiger partial charge in [0.25, 0.3) is 5.91 Å². The maximum Gasteiger partial charge on any atom is 0.291 e. The molecule has 6 heteroatoms. The molecule has 2 N–H and O–H groups in total. The number of aromatic nitrogens is 2. The van der Waals surface area contributed by atoms with Crippen LogP contribution < -0.4 is 5.43 Å². The third-order valence-electron chi connectivity index (χ3n) is 2.68. The lowest BCUT2D eigenvalue weighted by Crippen LogP contribution is -2.18. The number of aromatic amines is 1. The Morgan fingerprint density at radius 2 is 2.25 bits per heavy atom. The lowest BCUT2D eigenvalue weighted by Gasteiger charge is -1.97. The molecule has 0 spiro atoms. The molecule has 0 radical (unpaired) electrons. The number of amides is 1. The van der Waals surface area contributed by atoms with E-state index in [-0.39, 0.29) is 5.91 Å². The summed E-state index contributed by atoms with van der Waals surface area (Å²) in [4.78, 5) is 11.8. The van der Waals surface area contributed by atoms with Crippen LogP contribution in [-0.2, 0) is 0 Å². The Morgan fingerprint density at radius 3 is 2.90 bits per heavy atom. The van der Waals surface area contributed by atoms with Crippen molar-refractivity contribution < 1.29 is 4.79 Å². The van der Waals surface area contributed by atoms with Crippen molar-refractivity contribution in [1.82, 2.24) is 15.6 Å². The number of H-pyrrole nitrogens is 1. The Morgan fingerprint density at radius 1 is 1.45 bits per heavy atom. The summed E-state index contributed by atoms with van der Waals surface area (Å²) < 4.78 is 0.960. The van der Waals surface area contributed by atoms with Gasteiger partial charge >= 0.3 is 0 Å². The van der Waals surface area contributed by atoms with E-state index in [2.05, 4.69) is 36.7 Å². The summed E-state index contributed by atoms with van der Waals surface area (Å²) >= 11 is 3.37. The first kappa shape index (κ1) is 14.5. The van der Waals surface area contributed by atoms with Gasteiger partial charge in [-0.1, -0.05) is 41.9 Å². The second-order valence-electron chi connectivity index (χ2n) is 4.62. The highest BCUT2D eigenvalue weighted by molar-refractivity contribution is 9.10. The Labute approximate surface area is 125 Å². The highest BCUT2D eigenvalue weighted by Crippen LogP contribution is 2.12. The summed E-state index contributed by atoms with van der Waals surface area (Å²) in [5.74, 6) is -0.0337. The summed E-state index contributed by atoms with van der Waals surface area (Å²) in [6.45, 7) is 4.06. The summed E-state index contributed by atoms with van der Waals surface area (Å²) in [7, 11) is 0. The number of hydrazone groups is 1. The van der Waals surface area contributed by atoms with Crippen molar-refractivity contribution in [2.45, 2.75) is 19.8 Å². The molecule has 2 aromatic rings. The van der Waals surface area contributed by atoms with E-state index < -0.39 is 0 Å². The first-order chi connectivity index (χ1) is 9.56. The van der Waals surface area contributed by atoms with Crippen molar-refractivity contribution in [2.75, 3.05) is 0 Å². The molecule has 0 unspecified atom stereocenters. The third-order valence-corrected chi connectivity index (χ3v) is 3.17. The second kappa shape index (κ2) is 6.47. The quantitative estimate of drug-likeness (QED) is 0.666. The average Bonchev–Trinajstić information content (AvgIpc) is 2.88. The first-order valence-electron chi connectivity index (χ1n) is 6.20. The van der Waals surface area contributed by atoms with Crippen LogP contribution in [0.1, 0.15) is 41.5 Å². The standard InChI is InChI=1S/C14H15BrN4O/c1-9(2)12-7-13(18-17-12)14(20)19-16-8-10-4-3-5-11(15)6-10/h3-9H,1-2H3,(H,17,18)(H,19,20)/b16-8-. The van der Waals surface area contributed by atoms with Crippen molar-refractivity contribution in [3.05, 3.63) is 51.8 Å². The number of halogens is 1. The minimum atomic E-state index is -0.334. The highest BCUT2D eigenvalue weighted by Gasteiger charge is 2.10. The number of hydrogen-bond acceptors (Lipinski definition) is 3. The van der Waals surface area contributed by atoms with E-state index in [1.807, 2.05) is 38.1 Å². The van der Waals surface area contributed by atoms with Crippen LogP contribution >= 0.6 is 15.9 Å². The topological polar surface area (TPSA) is 70.1 Å². The molecule has 0 saturated carbocycles. The number of benzene rings is 1. The van der Waals surface area contributed by atoms with E-state index in [1.54, 1.807) is 12.3 Å². The van der Waals surface area contributed by atoms with Crippen LogP contribution in [0.25, 0.3) is 0 Å². The number of carbonyl (C=O) groups excluding carboxylic acids is 1. The van der Waals surface area contributed by atoms with E-state index in [0.29, 0.717) is 11.6 Å². The van der Waals surface area contributed by atoms with Gasteiger partial charge in [0.2, 0.25) is 0 Å². The molecule has 1 aromatic heterocycles. The van der Waals surface area contributed by atoms with Crippen LogP contribution in [0.3, 0.4) is 0 Å². The van der Waals surface area contributed by atoms with Gasteiger partial charge in [-0.25, -0.2) is 5.43 Å². The predicted molar refractivity (Wildman–Crippen MR) is 81.9 cm³/mol. The maximum atomic E-state index is 11.8. The number of rotatable bonds is 4. The maximum absolute atomic E-state index is 11.8. The number of hydrogen-bond donors (Lipinski definition) is 2. The number of nitrogens with zero attached hydrogens (tertiary/aromatic N) is 2. The van der Waals surface area contributed by atoms with E-state index in [4.69, 9.17) is 0 Å². The smallest absolute Gasteiger partial charge is 0.282 e. The molecule has 0 saturated heterocycles. The van der Waals surface area contributed by atoms with Gasteiger partial charge in [0, 0.05) is 10.2 Å². The molecule has 1 amide bonds. The molecule has 5 nitrogen and oxygen atoms in total. The van der Waals surface area contributed by atoms with Crippen LogP contribution in [0.2, 0.25) is 0 Å². The summed E-state index contributed by atoms with van der Waals surface area (Å²) in [6.07, 6.45) is 1.58. The number of nitrogens with one attached hydrogen (secondary N) is 2. The molecule has 0 atom stereocenters. The van der Waals surface area contributed by atoms with Crippen LogP contribution in [-0.4, -0.2) is 22.3 Å². The van der Waals surface area contributed by atoms with Crippen LogP contribution in [0.4, 0.5) is 0 Å². The Balaban J connectivity index is 1.97. The van der Waals surface area contributed by atoms with Crippen LogP contribution in [0.15, 0.2) is 39.9 Å². The average molecular weight is 335 g/mol. The largest absolute Gasteiger partial charge is 0.291 e. The zero-order chi connectivity index (χ0) is 14.5. The van der Waals surface area contributed by atoms with Gasteiger partial charge in [-0.2, -0.15) is 10.2 Å². The molecule has 0 aliphatic heterocycles. The molecule has 0 fully saturated rings.